The van der Waals surface area contributed by atoms with Crippen LogP contribution < -0.4 is 0 Å². The molecule has 0 bridgehead atoms. The van der Waals surface area contributed by atoms with E-state index in [1.54, 1.807) is 0 Å². The summed E-state index contributed by atoms with van der Waals surface area (Å²) in [6, 6.07) is 0. The molecule has 0 aromatic heterocycles. The standard InChI is InChI=1S/C6H6GeO.C/c8-6-7-4-2-1-3-5-7;/h1-6H;. The Balaban J connectivity index is 0.000000640. The smallest absolute Gasteiger partial charge is 0 e. The first-order valence-electron chi connectivity index (χ1n) is 2.44. The second-order valence-corrected chi connectivity index (χ2v) is 5.52. The Morgan fingerprint density at radius 1 is 1.22 bits per heavy atom. The zero-order valence-electron chi connectivity index (χ0n) is 4.87. The Morgan fingerprint density at radius 2 is 2.00 bits per heavy atom. The number of allylic oxidation sites excluding steroid dienone is 3. The summed E-state index contributed by atoms with van der Waals surface area (Å²) >= 11 is -1.42. The molecule has 1 nitrogen and oxygen atoms in total. The molecule has 0 atom stereocenters. The van der Waals surface area contributed by atoms with E-state index in [4.69, 9.17) is 0 Å². The van der Waals surface area contributed by atoms with Crippen molar-refractivity contribution in [1.82, 2.24) is 0 Å². The van der Waals surface area contributed by atoms with E-state index in [0.717, 1.165) is 5.12 Å². The number of carbonyl (C=O) groups excluding carboxylic acids is 1. The van der Waals surface area contributed by atoms with Gasteiger partial charge in [0.2, 0.25) is 0 Å². The van der Waals surface area contributed by atoms with Gasteiger partial charge in [0.1, 0.15) is 0 Å². The molecule has 0 unspecified atom stereocenters. The summed E-state index contributed by atoms with van der Waals surface area (Å²) in [5.41, 5.74) is 0. The molecule has 1 aliphatic rings. The molecule has 0 saturated heterocycles. The van der Waals surface area contributed by atoms with Gasteiger partial charge in [-0.05, 0) is 0 Å². The molecule has 0 aromatic rings. The minimum absolute atomic E-state index is 0. The Bertz CT molecular complexity index is 177. The summed E-state index contributed by atoms with van der Waals surface area (Å²) in [5, 5.41) is 1.08. The predicted molar refractivity (Wildman–Crippen MR) is 40.1 cm³/mol. The van der Waals surface area contributed by atoms with Gasteiger partial charge in [-0.2, -0.15) is 0 Å². The van der Waals surface area contributed by atoms with Gasteiger partial charge in [-0.15, -0.1) is 0 Å². The Morgan fingerprint density at radius 3 is 2.33 bits per heavy atom. The van der Waals surface area contributed by atoms with Crippen LogP contribution in [0.5, 0.6) is 0 Å². The van der Waals surface area contributed by atoms with Crippen molar-refractivity contribution in [2.24, 2.45) is 0 Å². The third-order valence-corrected chi connectivity index (χ3v) is 3.93. The van der Waals surface area contributed by atoms with E-state index in [2.05, 4.69) is 0 Å². The first-order chi connectivity index (χ1) is 3.93. The normalized spacial score (nSPS) is 14.0. The summed E-state index contributed by atoms with van der Waals surface area (Å²) in [7, 11) is 0. The van der Waals surface area contributed by atoms with Crippen LogP contribution in [0.15, 0.2) is 23.1 Å². The van der Waals surface area contributed by atoms with E-state index in [-0.39, 0.29) is 7.43 Å². The summed E-state index contributed by atoms with van der Waals surface area (Å²) in [5.74, 6) is 0. The molecule has 1 rings (SSSR count). The molecule has 9 heavy (non-hydrogen) atoms. The molecular weight excluding hydrogens is 173 g/mol. The molecule has 0 amide bonds. The zero-order valence-corrected chi connectivity index (χ0v) is 6.97. The first-order valence-corrected chi connectivity index (χ1v) is 6.07. The van der Waals surface area contributed by atoms with Crippen molar-refractivity contribution in [2.45, 2.75) is 0 Å². The van der Waals surface area contributed by atoms with Crippen LogP contribution in [0.4, 0.5) is 0 Å². The van der Waals surface area contributed by atoms with Gasteiger partial charge in [-0.25, -0.2) is 0 Å². The molecule has 0 fully saturated rings. The van der Waals surface area contributed by atoms with Gasteiger partial charge in [0.05, 0.1) is 0 Å². The summed E-state index contributed by atoms with van der Waals surface area (Å²) in [4.78, 5) is 14.2. The average molecular weight is 179 g/mol. The van der Waals surface area contributed by atoms with E-state index in [0.29, 0.717) is 0 Å². The van der Waals surface area contributed by atoms with Gasteiger partial charge in [-0.1, -0.05) is 0 Å². The Labute approximate surface area is 59.7 Å². The molecule has 0 spiro atoms. The maximum absolute atomic E-state index is 10.1. The van der Waals surface area contributed by atoms with Crippen LogP contribution in [0.25, 0.3) is 0 Å². The van der Waals surface area contributed by atoms with Crippen molar-refractivity contribution in [3.63, 3.8) is 0 Å². The molecule has 44 valence electrons. The minimum atomic E-state index is -1.42. The second kappa shape index (κ2) is 4.44. The molecule has 2 heteroatoms. The number of hydrogen-bond donors (Lipinski definition) is 0. The average Bonchev–Trinajstić information content (AvgIpc) is 1.90. The van der Waals surface area contributed by atoms with Crippen molar-refractivity contribution in [3.8, 4) is 0 Å². The topological polar surface area (TPSA) is 17.1 Å². The fourth-order valence-corrected chi connectivity index (χ4v) is 2.49. The van der Waals surface area contributed by atoms with Crippen molar-refractivity contribution in [2.75, 3.05) is 0 Å². The molecule has 4 radical (unpaired) electrons. The maximum Gasteiger partial charge on any atom is 0 e. The summed E-state index contributed by atoms with van der Waals surface area (Å²) in [6.07, 6.45) is 5.84. The van der Waals surface area contributed by atoms with Crippen LogP contribution in [0.1, 0.15) is 0 Å². The van der Waals surface area contributed by atoms with Crippen LogP contribution >= 0.6 is 0 Å². The van der Waals surface area contributed by atoms with Gasteiger partial charge in [0.25, 0.3) is 0 Å². The number of hydrogen-bond acceptors (Lipinski definition) is 1. The van der Waals surface area contributed by atoms with Crippen molar-refractivity contribution in [1.29, 1.82) is 0 Å². The maximum atomic E-state index is 10.1. The number of rotatable bonds is 1. The van der Waals surface area contributed by atoms with Gasteiger partial charge >= 0.3 is 51.8 Å². The largest absolute Gasteiger partial charge is 0 e. The van der Waals surface area contributed by atoms with Gasteiger partial charge in [0, 0.05) is 7.43 Å². The van der Waals surface area contributed by atoms with E-state index in [1.165, 1.54) is 0 Å². The predicted octanol–water partition coefficient (Wildman–Crippen LogP) is 0.383. The molecule has 0 N–H and O–H groups in total. The molecular formula is C7H6GeO. The molecule has 0 aliphatic carbocycles. The SMILES string of the molecule is O=[CH][Ge]1=[CH]C=CC=[CH]1.[C]. The van der Waals surface area contributed by atoms with E-state index in [9.17, 15) is 4.79 Å². The van der Waals surface area contributed by atoms with Crippen LogP contribution in [0.2, 0.25) is 0 Å². The van der Waals surface area contributed by atoms with Crippen LogP contribution in [-0.2, 0) is 4.79 Å². The van der Waals surface area contributed by atoms with Crippen LogP contribution in [-0.4, -0.2) is 23.9 Å². The monoisotopic (exact) mass is 180 g/mol. The summed E-state index contributed by atoms with van der Waals surface area (Å²) < 4.78 is 0. The number of carbonyl (C=O) groups is 1. The third-order valence-electron chi connectivity index (χ3n) is 0.936. The Kier molecular flexibility index (Phi) is 4.23. The van der Waals surface area contributed by atoms with E-state index in [1.807, 2.05) is 28.0 Å². The molecule has 0 saturated carbocycles. The quantitative estimate of drug-likeness (QED) is 0.420. The van der Waals surface area contributed by atoms with Crippen LogP contribution in [0.3, 0.4) is 0 Å². The third kappa shape index (κ3) is 2.56. The van der Waals surface area contributed by atoms with Crippen LogP contribution in [0, 0.1) is 7.43 Å². The zero-order chi connectivity index (χ0) is 5.82. The van der Waals surface area contributed by atoms with Gasteiger partial charge in [-0.3, -0.25) is 0 Å². The van der Waals surface area contributed by atoms with Crippen molar-refractivity contribution in [3.05, 3.63) is 30.6 Å². The van der Waals surface area contributed by atoms with E-state index >= 15 is 0 Å². The van der Waals surface area contributed by atoms with Crippen molar-refractivity contribution >= 4 is 23.9 Å². The van der Waals surface area contributed by atoms with Crippen molar-refractivity contribution < 1.29 is 4.79 Å². The molecule has 0 aromatic carbocycles. The summed E-state index contributed by atoms with van der Waals surface area (Å²) in [6.45, 7) is 0. The molecule has 1 heterocycles. The minimum Gasteiger partial charge on any atom is 0 e. The Hall–Kier alpha value is -0.437. The second-order valence-electron chi connectivity index (χ2n) is 1.53. The fourth-order valence-electron chi connectivity index (χ4n) is 0.532. The first kappa shape index (κ1) is 8.56. The van der Waals surface area contributed by atoms with Gasteiger partial charge < -0.3 is 0 Å². The van der Waals surface area contributed by atoms with Gasteiger partial charge in [0.15, 0.2) is 0 Å². The molecule has 1 aliphatic heterocycles. The van der Waals surface area contributed by atoms with E-state index < -0.39 is 13.9 Å². The fraction of sp³-hybridized carbons (Fsp3) is 0.